The fraction of sp³-hybridized carbons (Fsp3) is 0.500. The monoisotopic (exact) mass is 425 g/mol. The summed E-state index contributed by atoms with van der Waals surface area (Å²) < 4.78 is 7.22. The van der Waals surface area contributed by atoms with Crippen molar-refractivity contribution in [3.63, 3.8) is 0 Å². The first kappa shape index (κ1) is 23.0. The van der Waals surface area contributed by atoms with Crippen molar-refractivity contribution in [3.8, 4) is 0 Å². The summed E-state index contributed by atoms with van der Waals surface area (Å²) in [6.45, 7) is 9.64. The molecule has 1 aromatic heterocycles. The van der Waals surface area contributed by atoms with Crippen LogP contribution in [0.15, 0.2) is 58.4 Å². The molecule has 0 amide bonds. The Morgan fingerprint density at radius 3 is 2.58 bits per heavy atom. The number of nitrogens with one attached hydrogen (secondary N) is 2. The van der Waals surface area contributed by atoms with Crippen LogP contribution in [0.25, 0.3) is 0 Å². The maximum absolute atomic E-state index is 11.8. The van der Waals surface area contributed by atoms with Crippen molar-refractivity contribution in [2.75, 3.05) is 39.4 Å². The largest absolute Gasteiger partial charge is 0.379 e. The summed E-state index contributed by atoms with van der Waals surface area (Å²) >= 11 is 0. The molecule has 0 radical (unpaired) electrons. The maximum Gasteiger partial charge on any atom is 0.250 e. The summed E-state index contributed by atoms with van der Waals surface area (Å²) in [7, 11) is 0. The Hall–Kier alpha value is -2.64. The topological polar surface area (TPSA) is 70.9 Å². The number of hydrogen-bond acceptors (Lipinski definition) is 4. The van der Waals surface area contributed by atoms with Gasteiger partial charge in [-0.05, 0) is 37.0 Å². The highest BCUT2D eigenvalue weighted by Gasteiger charge is 2.12. The molecule has 168 valence electrons. The molecule has 1 fully saturated rings. The van der Waals surface area contributed by atoms with Crippen molar-refractivity contribution in [3.05, 3.63) is 70.1 Å². The molecule has 2 aromatic rings. The molecule has 1 aliphatic rings. The number of nitrogens with zero attached hydrogens (tertiary/aromatic N) is 3. The zero-order valence-corrected chi connectivity index (χ0v) is 18.6. The highest BCUT2D eigenvalue weighted by atomic mass is 16.5. The minimum Gasteiger partial charge on any atom is -0.379 e. The highest BCUT2D eigenvalue weighted by Crippen LogP contribution is 2.14. The average molecular weight is 426 g/mol. The lowest BCUT2D eigenvalue weighted by Gasteiger charge is -2.27. The van der Waals surface area contributed by atoms with Gasteiger partial charge in [0.05, 0.1) is 19.8 Å². The fourth-order valence-electron chi connectivity index (χ4n) is 3.63. The van der Waals surface area contributed by atoms with Gasteiger partial charge in [-0.1, -0.05) is 30.3 Å². The van der Waals surface area contributed by atoms with E-state index in [2.05, 4.69) is 46.7 Å². The van der Waals surface area contributed by atoms with E-state index in [1.54, 1.807) is 16.7 Å². The lowest BCUT2D eigenvalue weighted by Crippen LogP contribution is -2.38. The van der Waals surface area contributed by atoms with E-state index in [9.17, 15) is 4.79 Å². The summed E-state index contributed by atoms with van der Waals surface area (Å²) in [5.74, 6) is 0.834. The van der Waals surface area contributed by atoms with Gasteiger partial charge in [0.15, 0.2) is 5.96 Å². The predicted molar refractivity (Wildman–Crippen MR) is 125 cm³/mol. The first-order valence-electron chi connectivity index (χ1n) is 11.3. The Balaban J connectivity index is 1.49. The number of ether oxygens (including phenoxy) is 1. The molecule has 7 heteroatoms. The quantitative estimate of drug-likeness (QED) is 0.347. The van der Waals surface area contributed by atoms with Crippen LogP contribution in [0.3, 0.4) is 0 Å². The number of pyridine rings is 1. The average Bonchev–Trinajstić information content (AvgIpc) is 2.80. The Bertz CT molecular complexity index is 874. The molecule has 0 bridgehead atoms. The summed E-state index contributed by atoms with van der Waals surface area (Å²) in [6.07, 6.45) is 3.76. The van der Waals surface area contributed by atoms with Gasteiger partial charge in [-0.3, -0.25) is 9.69 Å². The Morgan fingerprint density at radius 2 is 1.81 bits per heavy atom. The van der Waals surface area contributed by atoms with Crippen LogP contribution in [-0.4, -0.2) is 54.8 Å². The minimum absolute atomic E-state index is 0.0566. The Kier molecular flexibility index (Phi) is 9.60. The predicted octanol–water partition coefficient (Wildman–Crippen LogP) is 2.22. The number of aliphatic imine (C=N–C) groups is 1. The molecule has 31 heavy (non-hydrogen) atoms. The number of unbranched alkanes of at least 4 members (excludes halogenated alkanes) is 1. The molecule has 0 atom stereocenters. The second kappa shape index (κ2) is 12.9. The van der Waals surface area contributed by atoms with Crippen molar-refractivity contribution in [2.24, 2.45) is 4.99 Å². The van der Waals surface area contributed by atoms with E-state index in [1.165, 1.54) is 11.1 Å². The van der Waals surface area contributed by atoms with E-state index in [0.29, 0.717) is 6.54 Å². The number of aromatic nitrogens is 1. The first-order valence-corrected chi connectivity index (χ1v) is 11.3. The molecule has 1 aliphatic heterocycles. The minimum atomic E-state index is 0.0566. The van der Waals surface area contributed by atoms with Gasteiger partial charge >= 0.3 is 0 Å². The SMILES string of the molecule is CCNC(=NCc1ccccc1CN1CCOCC1)NCCCCn1ccccc1=O. The third-order valence-electron chi connectivity index (χ3n) is 5.39. The third-order valence-corrected chi connectivity index (χ3v) is 5.39. The fourth-order valence-corrected chi connectivity index (χ4v) is 3.63. The molecule has 1 aromatic carbocycles. The second-order valence-corrected chi connectivity index (χ2v) is 7.72. The molecule has 2 N–H and O–H groups in total. The summed E-state index contributed by atoms with van der Waals surface area (Å²) in [6, 6.07) is 13.8. The second-order valence-electron chi connectivity index (χ2n) is 7.72. The van der Waals surface area contributed by atoms with Crippen molar-refractivity contribution in [2.45, 2.75) is 39.4 Å². The van der Waals surface area contributed by atoms with E-state index in [1.807, 2.05) is 12.3 Å². The van der Waals surface area contributed by atoms with Crippen LogP contribution in [-0.2, 0) is 24.4 Å². The standard InChI is InChI=1S/C24H35N5O2/c1-2-25-24(26-12-6-8-14-29-13-7-5-11-23(29)30)27-19-21-9-3-4-10-22(21)20-28-15-17-31-18-16-28/h3-5,7,9-11,13H,2,6,8,12,14-20H2,1H3,(H2,25,26,27). The number of hydrogen-bond donors (Lipinski definition) is 2. The Labute approximate surface area is 185 Å². The van der Waals surface area contributed by atoms with Crippen LogP contribution in [0.4, 0.5) is 0 Å². The van der Waals surface area contributed by atoms with E-state index >= 15 is 0 Å². The van der Waals surface area contributed by atoms with Gasteiger partial charge in [-0.25, -0.2) is 4.99 Å². The van der Waals surface area contributed by atoms with Gasteiger partial charge < -0.3 is 19.9 Å². The molecule has 0 unspecified atom stereocenters. The lowest BCUT2D eigenvalue weighted by molar-refractivity contribution is 0.0341. The van der Waals surface area contributed by atoms with Crippen LogP contribution in [0.1, 0.15) is 30.9 Å². The van der Waals surface area contributed by atoms with Crippen LogP contribution in [0.2, 0.25) is 0 Å². The highest BCUT2D eigenvalue weighted by molar-refractivity contribution is 5.79. The summed E-state index contributed by atoms with van der Waals surface area (Å²) in [5.41, 5.74) is 2.65. The van der Waals surface area contributed by atoms with E-state index in [-0.39, 0.29) is 5.56 Å². The number of morpholine rings is 1. The molecule has 0 saturated carbocycles. The van der Waals surface area contributed by atoms with Crippen LogP contribution in [0.5, 0.6) is 0 Å². The summed E-state index contributed by atoms with van der Waals surface area (Å²) in [5, 5.41) is 6.75. The molecule has 3 rings (SSSR count). The molecule has 7 nitrogen and oxygen atoms in total. The van der Waals surface area contributed by atoms with E-state index in [4.69, 9.17) is 9.73 Å². The normalized spacial score (nSPS) is 15.1. The molecule has 2 heterocycles. The molecular weight excluding hydrogens is 390 g/mol. The Morgan fingerprint density at radius 1 is 1.03 bits per heavy atom. The zero-order chi connectivity index (χ0) is 21.7. The van der Waals surface area contributed by atoms with Crippen LogP contribution < -0.4 is 16.2 Å². The lowest BCUT2D eigenvalue weighted by atomic mass is 10.1. The number of guanidine groups is 1. The summed E-state index contributed by atoms with van der Waals surface area (Å²) in [4.78, 5) is 19.0. The maximum atomic E-state index is 11.8. The van der Waals surface area contributed by atoms with Crippen LogP contribution >= 0.6 is 0 Å². The van der Waals surface area contributed by atoms with Gasteiger partial charge in [0, 0.05) is 51.5 Å². The van der Waals surface area contributed by atoms with Crippen molar-refractivity contribution >= 4 is 5.96 Å². The molecular formula is C24H35N5O2. The van der Waals surface area contributed by atoms with Gasteiger partial charge in [-0.2, -0.15) is 0 Å². The molecule has 1 saturated heterocycles. The van der Waals surface area contributed by atoms with Crippen molar-refractivity contribution in [1.29, 1.82) is 0 Å². The molecule has 0 spiro atoms. The number of benzene rings is 1. The van der Waals surface area contributed by atoms with E-state index < -0.39 is 0 Å². The third kappa shape index (κ3) is 7.84. The molecule has 0 aliphatic carbocycles. The van der Waals surface area contributed by atoms with Crippen molar-refractivity contribution < 1.29 is 4.74 Å². The van der Waals surface area contributed by atoms with Gasteiger partial charge in [-0.15, -0.1) is 0 Å². The smallest absolute Gasteiger partial charge is 0.250 e. The van der Waals surface area contributed by atoms with Gasteiger partial charge in [0.2, 0.25) is 5.56 Å². The number of aryl methyl sites for hydroxylation is 1. The van der Waals surface area contributed by atoms with E-state index in [0.717, 1.165) is 71.3 Å². The van der Waals surface area contributed by atoms with Crippen molar-refractivity contribution in [1.82, 2.24) is 20.1 Å². The van der Waals surface area contributed by atoms with Crippen LogP contribution in [0, 0.1) is 0 Å². The first-order chi connectivity index (χ1) is 15.3. The number of rotatable bonds is 10. The zero-order valence-electron chi connectivity index (χ0n) is 18.6. The van der Waals surface area contributed by atoms with Gasteiger partial charge in [0.25, 0.3) is 0 Å². The van der Waals surface area contributed by atoms with Gasteiger partial charge in [0.1, 0.15) is 0 Å².